The molecule has 0 bridgehead atoms. The minimum absolute atomic E-state index is 0. The van der Waals surface area contributed by atoms with E-state index >= 15 is 0 Å². The molecule has 1 aromatic carbocycles. The van der Waals surface area contributed by atoms with Crippen LogP contribution in [0.4, 0.5) is 0 Å². The van der Waals surface area contributed by atoms with Gasteiger partial charge in [0.25, 0.3) is 0 Å². The zero-order valence-corrected chi connectivity index (χ0v) is 7.69. The fourth-order valence-electron chi connectivity index (χ4n) is 0.832. The number of carbonyl (C=O) groups is 2. The number of ether oxygens (including phenoxy) is 1. The van der Waals surface area contributed by atoms with Crippen molar-refractivity contribution < 1.29 is 19.4 Å². The van der Waals surface area contributed by atoms with Gasteiger partial charge in [0.15, 0.2) is 0 Å². The summed E-state index contributed by atoms with van der Waals surface area (Å²) in [5.41, 5.74) is 0.240. The molecule has 0 aliphatic heterocycles. The topological polar surface area (TPSA) is 63.6 Å². The zero-order chi connectivity index (χ0) is 10.6. The molecule has 0 unspecified atom stereocenters. The summed E-state index contributed by atoms with van der Waals surface area (Å²) >= 11 is 0. The van der Waals surface area contributed by atoms with Crippen molar-refractivity contribution in [3.05, 3.63) is 29.8 Å². The van der Waals surface area contributed by atoms with Crippen LogP contribution in [0.15, 0.2) is 24.3 Å². The molecule has 1 aromatic rings. The SMILES string of the molecule is CCC(=O)OC(=O)c1ccc(O)cc1.[CaH2]. The normalized spacial score (nSPS) is 8.87. The van der Waals surface area contributed by atoms with Gasteiger partial charge in [-0.3, -0.25) is 4.79 Å². The van der Waals surface area contributed by atoms with Crippen molar-refractivity contribution in [1.82, 2.24) is 0 Å². The molecule has 1 N–H and O–H groups in total. The monoisotopic (exact) mass is 236 g/mol. The van der Waals surface area contributed by atoms with E-state index in [1.807, 2.05) is 0 Å². The maximum absolute atomic E-state index is 11.2. The number of phenols is 1. The fraction of sp³-hybridized carbons (Fsp3) is 0.200. The standard InChI is InChI=1S/C10H10O4.Ca.2H/c1-2-9(12)14-10(13)7-3-5-8(11)6-4-7;;;/h3-6,11H,2H2,1H3;;;. The molecular weight excluding hydrogens is 224 g/mol. The molecule has 4 nitrogen and oxygen atoms in total. The predicted octanol–water partition coefficient (Wildman–Crippen LogP) is 0.569. The van der Waals surface area contributed by atoms with Gasteiger partial charge in [-0.15, -0.1) is 0 Å². The van der Waals surface area contributed by atoms with Crippen molar-refractivity contribution >= 4 is 49.7 Å². The van der Waals surface area contributed by atoms with Crippen LogP contribution >= 0.6 is 0 Å². The van der Waals surface area contributed by atoms with Gasteiger partial charge in [0.2, 0.25) is 0 Å². The first-order chi connectivity index (χ1) is 6.63. The number of aromatic hydroxyl groups is 1. The van der Waals surface area contributed by atoms with Crippen LogP contribution in [-0.4, -0.2) is 54.8 Å². The molecule has 15 heavy (non-hydrogen) atoms. The number of benzene rings is 1. The molecule has 0 aliphatic rings. The molecule has 0 saturated heterocycles. The van der Waals surface area contributed by atoms with Crippen molar-refractivity contribution in [1.29, 1.82) is 0 Å². The summed E-state index contributed by atoms with van der Waals surface area (Å²) in [5.74, 6) is -1.21. The van der Waals surface area contributed by atoms with Gasteiger partial charge in [-0.05, 0) is 24.3 Å². The van der Waals surface area contributed by atoms with Gasteiger partial charge < -0.3 is 9.84 Å². The molecule has 0 radical (unpaired) electrons. The summed E-state index contributed by atoms with van der Waals surface area (Å²) < 4.78 is 4.47. The van der Waals surface area contributed by atoms with E-state index in [1.165, 1.54) is 24.3 Å². The van der Waals surface area contributed by atoms with Gasteiger partial charge >= 0.3 is 49.7 Å². The van der Waals surface area contributed by atoms with Crippen molar-refractivity contribution in [3.63, 3.8) is 0 Å². The molecule has 0 aliphatic carbocycles. The molecular formula is C10H12CaO4. The summed E-state index contributed by atoms with van der Waals surface area (Å²) in [5, 5.41) is 8.95. The van der Waals surface area contributed by atoms with Gasteiger partial charge in [-0.1, -0.05) is 6.92 Å². The summed E-state index contributed by atoms with van der Waals surface area (Å²) in [4.78, 5) is 22.0. The molecule has 0 fully saturated rings. The Bertz CT molecular complexity index is 345. The van der Waals surface area contributed by atoms with E-state index in [0.717, 1.165) is 0 Å². The second-order valence-corrected chi connectivity index (χ2v) is 2.66. The maximum atomic E-state index is 11.2. The van der Waals surface area contributed by atoms with Gasteiger partial charge in [-0.25, -0.2) is 4.79 Å². The van der Waals surface area contributed by atoms with E-state index < -0.39 is 11.9 Å². The molecule has 0 heterocycles. The van der Waals surface area contributed by atoms with Gasteiger partial charge in [0.1, 0.15) is 5.75 Å². The predicted molar refractivity (Wildman–Crippen MR) is 57.4 cm³/mol. The molecule has 1 rings (SSSR count). The van der Waals surface area contributed by atoms with Crippen molar-refractivity contribution in [3.8, 4) is 5.75 Å². The first kappa shape index (κ1) is 14.4. The van der Waals surface area contributed by atoms with Crippen molar-refractivity contribution in [2.24, 2.45) is 0 Å². The quantitative estimate of drug-likeness (QED) is 0.463. The van der Waals surface area contributed by atoms with Crippen LogP contribution in [0.5, 0.6) is 5.75 Å². The van der Waals surface area contributed by atoms with Crippen LogP contribution in [0.2, 0.25) is 0 Å². The molecule has 0 spiro atoms. The summed E-state index contributed by atoms with van der Waals surface area (Å²) in [6.07, 6.45) is 0.157. The zero-order valence-electron chi connectivity index (χ0n) is 7.69. The fourth-order valence-corrected chi connectivity index (χ4v) is 0.832. The van der Waals surface area contributed by atoms with E-state index in [1.54, 1.807) is 6.92 Å². The average Bonchev–Trinajstić information content (AvgIpc) is 2.18. The minimum atomic E-state index is -0.697. The van der Waals surface area contributed by atoms with Gasteiger partial charge in [0.05, 0.1) is 5.56 Å². The Hall–Kier alpha value is -0.580. The molecule has 5 heteroatoms. The first-order valence-corrected chi connectivity index (χ1v) is 4.17. The number of rotatable bonds is 2. The molecule has 0 atom stereocenters. The summed E-state index contributed by atoms with van der Waals surface area (Å²) in [6.45, 7) is 1.60. The third-order valence-corrected chi connectivity index (χ3v) is 1.60. The van der Waals surface area contributed by atoms with Crippen LogP contribution < -0.4 is 0 Å². The Labute approximate surface area is 117 Å². The number of hydrogen-bond acceptors (Lipinski definition) is 4. The first-order valence-electron chi connectivity index (χ1n) is 4.17. The molecule has 0 aromatic heterocycles. The summed E-state index contributed by atoms with van der Waals surface area (Å²) in [7, 11) is 0. The van der Waals surface area contributed by atoms with Crippen LogP contribution in [0, 0.1) is 0 Å². The third kappa shape index (κ3) is 4.64. The van der Waals surface area contributed by atoms with E-state index in [0.29, 0.717) is 0 Å². The van der Waals surface area contributed by atoms with E-state index in [2.05, 4.69) is 4.74 Å². The van der Waals surface area contributed by atoms with Crippen molar-refractivity contribution in [2.45, 2.75) is 13.3 Å². The number of carbonyl (C=O) groups excluding carboxylic acids is 2. The average molecular weight is 236 g/mol. The van der Waals surface area contributed by atoms with Gasteiger partial charge in [0, 0.05) is 6.42 Å². The third-order valence-electron chi connectivity index (χ3n) is 1.60. The second-order valence-electron chi connectivity index (χ2n) is 2.66. The van der Waals surface area contributed by atoms with Crippen molar-refractivity contribution in [2.75, 3.05) is 0 Å². The molecule has 0 saturated carbocycles. The number of phenolic OH excluding ortho intramolecular Hbond substituents is 1. The van der Waals surface area contributed by atoms with Crippen LogP contribution in [0.25, 0.3) is 0 Å². The van der Waals surface area contributed by atoms with Crippen LogP contribution in [0.1, 0.15) is 23.7 Å². The second kappa shape index (κ2) is 6.82. The number of hydrogen-bond donors (Lipinski definition) is 1. The van der Waals surface area contributed by atoms with Crippen LogP contribution in [-0.2, 0) is 9.53 Å². The number of esters is 2. The van der Waals surface area contributed by atoms with E-state index in [-0.39, 0.29) is 55.5 Å². The van der Waals surface area contributed by atoms with Crippen LogP contribution in [0.3, 0.4) is 0 Å². The molecule has 78 valence electrons. The Morgan fingerprint density at radius 3 is 2.27 bits per heavy atom. The Balaban J connectivity index is 0.00000196. The molecule has 0 amide bonds. The Morgan fingerprint density at radius 2 is 1.80 bits per heavy atom. The van der Waals surface area contributed by atoms with E-state index in [4.69, 9.17) is 5.11 Å². The summed E-state index contributed by atoms with van der Waals surface area (Å²) in [6, 6.07) is 5.49. The van der Waals surface area contributed by atoms with Gasteiger partial charge in [-0.2, -0.15) is 0 Å². The Morgan fingerprint density at radius 1 is 1.27 bits per heavy atom. The Kier molecular flexibility index (Phi) is 6.56. The van der Waals surface area contributed by atoms with E-state index in [9.17, 15) is 9.59 Å².